The second kappa shape index (κ2) is 13.1. The first-order chi connectivity index (χ1) is 21.5. The van der Waals surface area contributed by atoms with Crippen molar-refractivity contribution in [3.63, 3.8) is 0 Å². The van der Waals surface area contributed by atoms with Crippen LogP contribution < -0.4 is 4.90 Å². The van der Waals surface area contributed by atoms with Crippen molar-refractivity contribution in [2.45, 2.75) is 39.5 Å². The minimum atomic E-state index is 0. The molecule has 4 aromatic carbocycles. The van der Waals surface area contributed by atoms with E-state index < -0.39 is 0 Å². The van der Waals surface area contributed by atoms with Gasteiger partial charge in [-0.1, -0.05) is 93.7 Å². The van der Waals surface area contributed by atoms with Gasteiger partial charge in [-0.3, -0.25) is 14.9 Å². The number of nitrogens with zero attached hydrogens (tertiary/aromatic N) is 3. The Morgan fingerprint density at radius 3 is 1.93 bits per heavy atom. The van der Waals surface area contributed by atoms with E-state index in [0.29, 0.717) is 11.8 Å². The molecule has 0 saturated heterocycles. The average molecular weight is 783 g/mol. The van der Waals surface area contributed by atoms with E-state index in [-0.39, 0.29) is 21.1 Å². The van der Waals surface area contributed by atoms with Gasteiger partial charge >= 0.3 is 21.1 Å². The van der Waals surface area contributed by atoms with Crippen molar-refractivity contribution in [1.82, 2.24) is 9.97 Å². The molecule has 3 aromatic heterocycles. The Morgan fingerprint density at radius 1 is 0.600 bits per heavy atom. The van der Waals surface area contributed by atoms with Crippen LogP contribution in [0.4, 0.5) is 17.3 Å². The molecule has 45 heavy (non-hydrogen) atoms. The number of aromatic nitrogens is 2. The number of anilines is 3. The summed E-state index contributed by atoms with van der Waals surface area (Å²) < 4.78 is 2.47. The molecule has 0 aliphatic heterocycles. The Labute approximate surface area is 283 Å². The molecule has 0 radical (unpaired) electrons. The summed E-state index contributed by atoms with van der Waals surface area (Å²) in [5.41, 5.74) is 7.43. The standard InChI is InChI=1S/C40H33N3S.Pt/c1-26(2)29-17-10-18-30(27(3)4)39(29)43(37-24-12-21-34(41-37)28-14-6-5-7-15-28)38-25-13-22-35(42-38)33-20-11-19-32-31-16-8-9-23-36(31)44-40(32)33;/h5-14,16-19,21-27H,1-4H3;/q-2;+2. The molecule has 5 heteroatoms. The Hall–Kier alpha value is -4.11. The largest absolute Gasteiger partial charge is 2.00 e. The van der Waals surface area contributed by atoms with E-state index in [1.54, 1.807) is 11.3 Å². The normalized spacial score (nSPS) is 11.3. The van der Waals surface area contributed by atoms with Gasteiger partial charge in [-0.2, -0.15) is 11.3 Å². The van der Waals surface area contributed by atoms with E-state index in [2.05, 4.69) is 130 Å². The zero-order chi connectivity index (χ0) is 30.2. The van der Waals surface area contributed by atoms with Crippen LogP contribution in [0.15, 0.2) is 115 Å². The summed E-state index contributed by atoms with van der Waals surface area (Å²) in [7, 11) is 0. The zero-order valence-corrected chi connectivity index (χ0v) is 28.8. The van der Waals surface area contributed by atoms with E-state index in [1.165, 1.54) is 31.3 Å². The molecule has 0 spiro atoms. The smallest absolute Gasteiger partial charge is 0.280 e. The molecular formula is C40H33N3PtS. The van der Waals surface area contributed by atoms with Crippen LogP contribution >= 0.6 is 11.3 Å². The van der Waals surface area contributed by atoms with Crippen molar-refractivity contribution in [1.29, 1.82) is 0 Å². The molecule has 0 fully saturated rings. The van der Waals surface area contributed by atoms with Crippen LogP contribution in [0.25, 0.3) is 42.7 Å². The molecule has 224 valence electrons. The summed E-state index contributed by atoms with van der Waals surface area (Å²) >= 11 is 1.80. The van der Waals surface area contributed by atoms with Gasteiger partial charge in [0.2, 0.25) is 0 Å². The first-order valence-electron chi connectivity index (χ1n) is 15.2. The third-order valence-electron chi connectivity index (χ3n) is 8.07. The van der Waals surface area contributed by atoms with Crippen molar-refractivity contribution in [2.75, 3.05) is 4.90 Å². The van der Waals surface area contributed by atoms with Gasteiger partial charge in [-0.05, 0) is 62.6 Å². The molecule has 0 bridgehead atoms. The van der Waals surface area contributed by atoms with E-state index >= 15 is 0 Å². The first-order valence-corrected chi connectivity index (χ1v) is 16.0. The molecule has 0 aliphatic rings. The summed E-state index contributed by atoms with van der Waals surface area (Å²) in [5.74, 6) is 2.26. The molecular weight excluding hydrogens is 750 g/mol. The fraction of sp³-hybridized carbons (Fsp3) is 0.150. The number of benzene rings is 4. The summed E-state index contributed by atoms with van der Waals surface area (Å²) in [6, 6.07) is 46.8. The van der Waals surface area contributed by atoms with Gasteiger partial charge in [0.15, 0.2) is 0 Å². The Morgan fingerprint density at radius 2 is 1.24 bits per heavy atom. The number of para-hydroxylation sites is 1. The quantitative estimate of drug-likeness (QED) is 0.151. The molecule has 7 aromatic rings. The number of fused-ring (bicyclic) bond motifs is 3. The van der Waals surface area contributed by atoms with E-state index in [0.717, 1.165) is 39.8 Å². The van der Waals surface area contributed by atoms with Gasteiger partial charge in [0, 0.05) is 4.70 Å². The van der Waals surface area contributed by atoms with Crippen molar-refractivity contribution in [3.8, 4) is 22.5 Å². The third-order valence-corrected chi connectivity index (χ3v) is 9.28. The van der Waals surface area contributed by atoms with Crippen LogP contribution in [-0.2, 0) is 21.1 Å². The van der Waals surface area contributed by atoms with Gasteiger partial charge in [0.05, 0.1) is 5.69 Å². The van der Waals surface area contributed by atoms with E-state index in [1.807, 2.05) is 30.3 Å². The second-order valence-corrected chi connectivity index (χ2v) is 12.7. The fourth-order valence-electron chi connectivity index (χ4n) is 5.93. The zero-order valence-electron chi connectivity index (χ0n) is 25.7. The van der Waals surface area contributed by atoms with Crippen LogP contribution in [0.1, 0.15) is 50.7 Å². The number of thiophene rings is 1. The summed E-state index contributed by atoms with van der Waals surface area (Å²) in [5, 5.41) is 2.51. The summed E-state index contributed by atoms with van der Waals surface area (Å²) in [4.78, 5) is 12.9. The Bertz CT molecular complexity index is 2070. The first kappa shape index (κ1) is 30.9. The average Bonchev–Trinajstić information content (AvgIpc) is 3.44. The Balaban J connectivity index is 0.00000357. The maximum atomic E-state index is 5.37. The number of pyridine rings is 2. The molecule has 0 atom stereocenters. The minimum Gasteiger partial charge on any atom is -0.280 e. The number of hydrogen-bond acceptors (Lipinski definition) is 4. The molecule has 7 rings (SSSR count). The maximum Gasteiger partial charge on any atom is 2.00 e. The molecule has 3 heterocycles. The van der Waals surface area contributed by atoms with Crippen LogP contribution in [0.2, 0.25) is 0 Å². The molecule has 0 unspecified atom stereocenters. The molecule has 0 aliphatic carbocycles. The van der Waals surface area contributed by atoms with Crippen LogP contribution in [0.5, 0.6) is 0 Å². The maximum absolute atomic E-state index is 5.37. The second-order valence-electron chi connectivity index (χ2n) is 11.7. The monoisotopic (exact) mass is 782 g/mol. The van der Waals surface area contributed by atoms with Crippen LogP contribution in [-0.4, -0.2) is 9.97 Å². The molecule has 0 amide bonds. The van der Waals surface area contributed by atoms with Gasteiger partial charge in [0.1, 0.15) is 11.6 Å². The van der Waals surface area contributed by atoms with Gasteiger partial charge in [0.25, 0.3) is 0 Å². The van der Waals surface area contributed by atoms with Crippen molar-refractivity contribution in [3.05, 3.63) is 139 Å². The van der Waals surface area contributed by atoms with Gasteiger partial charge in [-0.15, -0.1) is 59.7 Å². The van der Waals surface area contributed by atoms with Crippen LogP contribution in [0, 0.1) is 12.1 Å². The van der Waals surface area contributed by atoms with Crippen molar-refractivity contribution in [2.24, 2.45) is 0 Å². The number of hydrogen-bond donors (Lipinski definition) is 0. The van der Waals surface area contributed by atoms with Crippen LogP contribution in [0.3, 0.4) is 0 Å². The predicted octanol–water partition coefficient (Wildman–Crippen LogP) is 11.5. The minimum absolute atomic E-state index is 0. The van der Waals surface area contributed by atoms with E-state index in [4.69, 9.17) is 9.97 Å². The predicted molar refractivity (Wildman–Crippen MR) is 186 cm³/mol. The SMILES string of the molecule is CC(C)c1cccc(C(C)C)c1N(c1cccc(-c2[c-]cccc2)n1)c1cccc(-c2[c-]ccc3c2sc2ccccc23)n1.[Pt+2]. The van der Waals surface area contributed by atoms with E-state index in [9.17, 15) is 0 Å². The van der Waals surface area contributed by atoms with Gasteiger partial charge in [-0.25, -0.2) is 0 Å². The summed E-state index contributed by atoms with van der Waals surface area (Å²) in [6.45, 7) is 9.02. The summed E-state index contributed by atoms with van der Waals surface area (Å²) in [6.07, 6.45) is 0. The van der Waals surface area contributed by atoms with Crippen molar-refractivity contribution >= 4 is 48.8 Å². The third kappa shape index (κ3) is 5.86. The van der Waals surface area contributed by atoms with Gasteiger partial charge < -0.3 is 0 Å². The molecule has 0 saturated carbocycles. The fourth-order valence-corrected chi connectivity index (χ4v) is 7.14. The number of rotatable bonds is 7. The Kier molecular flexibility index (Phi) is 8.99. The molecule has 0 N–H and O–H groups in total. The topological polar surface area (TPSA) is 29.0 Å². The molecule has 3 nitrogen and oxygen atoms in total. The van der Waals surface area contributed by atoms with Crippen molar-refractivity contribution < 1.29 is 21.1 Å².